The number of carbonyl (C=O) groups excluding carboxylic acids is 2. The third kappa shape index (κ3) is 4.20. The maximum absolute atomic E-state index is 13.7. The van der Waals surface area contributed by atoms with Gasteiger partial charge in [0.25, 0.3) is 0 Å². The van der Waals surface area contributed by atoms with Crippen LogP contribution in [0.3, 0.4) is 0 Å². The summed E-state index contributed by atoms with van der Waals surface area (Å²) in [6.45, 7) is -0.745. The second-order valence-electron chi connectivity index (χ2n) is 10.3. The molecular formula is C24H29F3N2O3. The fraction of sp³-hybridized carbons (Fsp3) is 0.667. The molecule has 8 heteroatoms. The maximum Gasteiger partial charge on any atom is 0.422 e. The summed E-state index contributed by atoms with van der Waals surface area (Å²) in [5.74, 6) is 2.02. The predicted molar refractivity (Wildman–Crippen MR) is 112 cm³/mol. The molecule has 32 heavy (non-hydrogen) atoms. The number of rotatable bonds is 5. The molecule has 1 aromatic rings. The molecule has 0 unspecified atom stereocenters. The number of likely N-dealkylation sites (tertiary alicyclic amines) is 1. The fourth-order valence-electron chi connectivity index (χ4n) is 6.98. The van der Waals surface area contributed by atoms with Crippen molar-refractivity contribution >= 4 is 17.5 Å². The average Bonchev–Trinajstić information content (AvgIpc) is 3.21. The molecule has 0 aromatic heterocycles. The molecule has 4 saturated carbocycles. The molecule has 4 aliphatic carbocycles. The Kier molecular flexibility index (Phi) is 5.37. The molecule has 5 nitrogen and oxygen atoms in total. The molecule has 174 valence electrons. The van der Waals surface area contributed by atoms with Crippen LogP contribution in [0.4, 0.5) is 18.9 Å². The van der Waals surface area contributed by atoms with Gasteiger partial charge in [-0.05, 0) is 93.4 Å². The number of alkyl halides is 3. The molecule has 5 fully saturated rings. The molecule has 5 aliphatic rings. The number of ether oxygens (including phenoxy) is 1. The number of nitrogens with one attached hydrogen (secondary N) is 1. The van der Waals surface area contributed by atoms with E-state index in [-0.39, 0.29) is 23.0 Å². The molecule has 2 amide bonds. The number of hydrogen-bond donors (Lipinski definition) is 1. The highest BCUT2D eigenvalue weighted by Gasteiger charge is 2.56. The van der Waals surface area contributed by atoms with Crippen LogP contribution in [-0.4, -0.2) is 42.1 Å². The van der Waals surface area contributed by atoms with E-state index in [9.17, 15) is 22.8 Å². The molecular weight excluding hydrogens is 421 g/mol. The first-order valence-electron chi connectivity index (χ1n) is 11.6. The standard InChI is InChI=1S/C24H29F3N2O3/c25-24(26,27)14-32-19-5-3-18(4-6-19)28-21(30)20-2-1-7-29(20)22(31)23-11-15-8-16(12-23)10-17(9-15)13-23/h3-6,15-17,20H,1-2,7-14H2,(H,28,30)/t15?,16?,17?,20-,23?/m0/s1. The van der Waals surface area contributed by atoms with E-state index in [0.717, 1.165) is 25.7 Å². The molecule has 1 heterocycles. The van der Waals surface area contributed by atoms with Crippen molar-refractivity contribution in [3.05, 3.63) is 24.3 Å². The monoisotopic (exact) mass is 450 g/mol. The zero-order chi connectivity index (χ0) is 22.5. The molecule has 1 N–H and O–H groups in total. The van der Waals surface area contributed by atoms with Gasteiger partial charge < -0.3 is 15.0 Å². The highest BCUT2D eigenvalue weighted by Crippen LogP contribution is 2.60. The quantitative estimate of drug-likeness (QED) is 0.703. The van der Waals surface area contributed by atoms with Crippen LogP contribution in [0.25, 0.3) is 0 Å². The van der Waals surface area contributed by atoms with E-state index >= 15 is 0 Å². The first kappa shape index (κ1) is 21.6. The Balaban J connectivity index is 1.23. The van der Waals surface area contributed by atoms with Crippen molar-refractivity contribution in [3.63, 3.8) is 0 Å². The Morgan fingerprint density at radius 3 is 2.19 bits per heavy atom. The van der Waals surface area contributed by atoms with E-state index in [0.29, 0.717) is 36.4 Å². The summed E-state index contributed by atoms with van der Waals surface area (Å²) in [7, 11) is 0. The van der Waals surface area contributed by atoms with Crippen molar-refractivity contribution in [2.75, 3.05) is 18.5 Å². The number of anilines is 1. The summed E-state index contributed by atoms with van der Waals surface area (Å²) >= 11 is 0. The van der Waals surface area contributed by atoms with Crippen LogP contribution >= 0.6 is 0 Å². The number of benzene rings is 1. The third-order valence-electron chi connectivity index (χ3n) is 7.83. The minimum Gasteiger partial charge on any atom is -0.484 e. The Bertz CT molecular complexity index is 848. The molecule has 0 spiro atoms. The van der Waals surface area contributed by atoms with Gasteiger partial charge in [0.1, 0.15) is 11.8 Å². The summed E-state index contributed by atoms with van der Waals surface area (Å²) in [6, 6.07) is 5.34. The van der Waals surface area contributed by atoms with Gasteiger partial charge in [0.2, 0.25) is 11.8 Å². The van der Waals surface area contributed by atoms with E-state index < -0.39 is 18.8 Å². The summed E-state index contributed by atoms with van der Waals surface area (Å²) in [6.07, 6.45) is 3.75. The number of hydrogen-bond acceptors (Lipinski definition) is 3. The lowest BCUT2D eigenvalue weighted by Gasteiger charge is -2.56. The minimum atomic E-state index is -4.40. The highest BCUT2D eigenvalue weighted by molar-refractivity contribution is 5.98. The number of nitrogens with zero attached hydrogens (tertiary/aromatic N) is 1. The SMILES string of the molecule is O=C(Nc1ccc(OCC(F)(F)F)cc1)[C@@H]1CCCN1C(=O)C12CC3CC(CC(C3)C1)C2. The predicted octanol–water partition coefficient (Wildman–Crippen LogP) is 4.77. The van der Waals surface area contributed by atoms with Crippen molar-refractivity contribution in [1.82, 2.24) is 4.90 Å². The van der Waals surface area contributed by atoms with Crippen LogP contribution in [0.5, 0.6) is 5.75 Å². The van der Waals surface area contributed by atoms with Crippen molar-refractivity contribution in [3.8, 4) is 5.75 Å². The molecule has 1 atom stereocenters. The molecule has 6 rings (SSSR count). The number of halogens is 3. The zero-order valence-electron chi connectivity index (χ0n) is 18.0. The van der Waals surface area contributed by atoms with Gasteiger partial charge in [0, 0.05) is 12.2 Å². The summed E-state index contributed by atoms with van der Waals surface area (Å²) < 4.78 is 41.6. The van der Waals surface area contributed by atoms with Gasteiger partial charge in [0.15, 0.2) is 6.61 Å². The normalized spacial score (nSPS) is 33.4. The largest absolute Gasteiger partial charge is 0.484 e. The van der Waals surface area contributed by atoms with Gasteiger partial charge in [-0.25, -0.2) is 0 Å². The first-order valence-corrected chi connectivity index (χ1v) is 11.6. The highest BCUT2D eigenvalue weighted by atomic mass is 19.4. The van der Waals surface area contributed by atoms with Gasteiger partial charge in [-0.15, -0.1) is 0 Å². The van der Waals surface area contributed by atoms with Crippen molar-refractivity contribution in [1.29, 1.82) is 0 Å². The van der Waals surface area contributed by atoms with E-state index in [1.807, 2.05) is 4.90 Å². The van der Waals surface area contributed by atoms with Gasteiger partial charge in [-0.1, -0.05) is 0 Å². The van der Waals surface area contributed by atoms with Crippen molar-refractivity contribution in [2.24, 2.45) is 23.2 Å². The molecule has 0 radical (unpaired) electrons. The lowest BCUT2D eigenvalue weighted by atomic mass is 9.49. The topological polar surface area (TPSA) is 58.6 Å². The van der Waals surface area contributed by atoms with Crippen LogP contribution in [0.1, 0.15) is 51.4 Å². The van der Waals surface area contributed by atoms with E-state index in [2.05, 4.69) is 5.32 Å². The second kappa shape index (κ2) is 7.96. The lowest BCUT2D eigenvalue weighted by molar-refractivity contribution is -0.160. The summed E-state index contributed by atoms with van der Waals surface area (Å²) in [5, 5.41) is 2.83. The van der Waals surface area contributed by atoms with Crippen LogP contribution in [0, 0.1) is 23.2 Å². The van der Waals surface area contributed by atoms with E-state index in [4.69, 9.17) is 4.74 Å². The Morgan fingerprint density at radius 2 is 1.62 bits per heavy atom. The Morgan fingerprint density at radius 1 is 1.03 bits per heavy atom. The summed E-state index contributed by atoms with van der Waals surface area (Å²) in [4.78, 5) is 28.5. The van der Waals surface area contributed by atoms with Gasteiger partial charge in [-0.2, -0.15) is 13.2 Å². The number of amides is 2. The minimum absolute atomic E-state index is 0.0832. The van der Waals surface area contributed by atoms with Crippen molar-refractivity contribution in [2.45, 2.75) is 63.6 Å². The molecule has 1 aromatic carbocycles. The maximum atomic E-state index is 13.7. The first-order chi connectivity index (χ1) is 15.2. The van der Waals surface area contributed by atoms with Crippen LogP contribution < -0.4 is 10.1 Å². The van der Waals surface area contributed by atoms with E-state index in [1.54, 1.807) is 0 Å². The van der Waals surface area contributed by atoms with E-state index in [1.165, 1.54) is 43.5 Å². The van der Waals surface area contributed by atoms with Crippen molar-refractivity contribution < 1.29 is 27.5 Å². The lowest BCUT2D eigenvalue weighted by Crippen LogP contribution is -2.56. The van der Waals surface area contributed by atoms with Gasteiger partial charge in [-0.3, -0.25) is 9.59 Å². The molecule has 4 bridgehead atoms. The molecule has 1 aliphatic heterocycles. The van der Waals surface area contributed by atoms with Gasteiger partial charge >= 0.3 is 6.18 Å². The third-order valence-corrected chi connectivity index (χ3v) is 7.83. The Labute approximate surface area is 185 Å². The fourth-order valence-corrected chi connectivity index (χ4v) is 6.98. The summed E-state index contributed by atoms with van der Waals surface area (Å²) in [5.41, 5.74) is 0.207. The second-order valence-corrected chi connectivity index (χ2v) is 10.3. The van der Waals surface area contributed by atoms with Gasteiger partial charge in [0.05, 0.1) is 5.41 Å². The van der Waals surface area contributed by atoms with Crippen LogP contribution in [0.2, 0.25) is 0 Å². The molecule has 1 saturated heterocycles. The average molecular weight is 451 g/mol. The smallest absolute Gasteiger partial charge is 0.422 e. The van der Waals surface area contributed by atoms with Crippen LogP contribution in [0.15, 0.2) is 24.3 Å². The van der Waals surface area contributed by atoms with Crippen LogP contribution in [-0.2, 0) is 9.59 Å². The zero-order valence-corrected chi connectivity index (χ0v) is 18.0. The Hall–Kier alpha value is -2.25. The number of carbonyl (C=O) groups is 2.